The molecule has 0 unspecified atom stereocenters. The smallest absolute Gasteiger partial charge is 0.211 e. The molecule has 0 saturated heterocycles. The van der Waals surface area contributed by atoms with Crippen LogP contribution in [0.15, 0.2) is 16.4 Å². The van der Waals surface area contributed by atoms with E-state index in [4.69, 9.17) is 11.5 Å². The maximum absolute atomic E-state index is 5.13. The summed E-state index contributed by atoms with van der Waals surface area (Å²) in [5, 5.41) is 14.0. The largest absolute Gasteiger partial charge is 0.369 e. The lowest BCUT2D eigenvalue weighted by molar-refractivity contribution is 1.05. The van der Waals surface area contributed by atoms with E-state index in [1.807, 2.05) is 13.8 Å². The summed E-state index contributed by atoms with van der Waals surface area (Å²) < 4.78 is 0. The first kappa shape index (κ1) is 9.24. The molecule has 13 heavy (non-hydrogen) atoms. The van der Waals surface area contributed by atoms with Crippen LogP contribution in [0.1, 0.15) is 18.2 Å². The van der Waals surface area contributed by atoms with E-state index in [1.165, 1.54) is 0 Å². The van der Waals surface area contributed by atoms with Gasteiger partial charge in [-0.05, 0) is 13.8 Å². The quantitative estimate of drug-likeness (QED) is 0.331. The number of hydrogen-bond acceptors (Lipinski definition) is 3. The molecule has 0 aliphatic rings. The topological polar surface area (TPSA) is 105 Å². The molecule has 0 amide bonds. The molecule has 0 saturated carbocycles. The van der Waals surface area contributed by atoms with Crippen molar-refractivity contribution < 1.29 is 0 Å². The van der Waals surface area contributed by atoms with Crippen molar-refractivity contribution in [1.29, 1.82) is 0 Å². The second-order valence-electron chi connectivity index (χ2n) is 2.62. The van der Waals surface area contributed by atoms with Gasteiger partial charge in [0.25, 0.3) is 0 Å². The first-order valence-corrected chi connectivity index (χ1v) is 3.75. The zero-order chi connectivity index (χ0) is 9.84. The molecular weight excluding hydrogens is 168 g/mol. The molecule has 0 aliphatic heterocycles. The Hall–Kier alpha value is -1.85. The van der Waals surface area contributed by atoms with Crippen LogP contribution in [0, 0.1) is 6.92 Å². The van der Waals surface area contributed by atoms with E-state index < -0.39 is 0 Å². The van der Waals surface area contributed by atoms with Gasteiger partial charge in [-0.1, -0.05) is 0 Å². The molecule has 1 aromatic heterocycles. The van der Waals surface area contributed by atoms with E-state index in [1.54, 1.807) is 6.20 Å². The number of aromatic amines is 1. The van der Waals surface area contributed by atoms with Crippen LogP contribution in [-0.2, 0) is 0 Å². The van der Waals surface area contributed by atoms with Crippen LogP contribution in [0.2, 0.25) is 0 Å². The molecule has 6 heteroatoms. The minimum Gasteiger partial charge on any atom is -0.369 e. The molecule has 0 bridgehead atoms. The Morgan fingerprint density at radius 1 is 1.46 bits per heavy atom. The second kappa shape index (κ2) is 3.70. The highest BCUT2D eigenvalue weighted by molar-refractivity contribution is 5.99. The Morgan fingerprint density at radius 2 is 2.15 bits per heavy atom. The number of nitrogens with one attached hydrogen (secondary N) is 1. The van der Waals surface area contributed by atoms with Gasteiger partial charge < -0.3 is 11.5 Å². The monoisotopic (exact) mass is 180 g/mol. The lowest BCUT2D eigenvalue weighted by Crippen LogP contribution is -2.22. The lowest BCUT2D eigenvalue weighted by atomic mass is 10.2. The van der Waals surface area contributed by atoms with E-state index in [2.05, 4.69) is 20.4 Å². The number of aryl methyl sites for hydroxylation is 1. The van der Waals surface area contributed by atoms with Gasteiger partial charge in [0.2, 0.25) is 5.96 Å². The molecule has 1 heterocycles. The molecule has 0 aliphatic carbocycles. The third kappa shape index (κ3) is 2.29. The lowest BCUT2D eigenvalue weighted by Gasteiger charge is -1.94. The van der Waals surface area contributed by atoms with Gasteiger partial charge in [0, 0.05) is 11.3 Å². The van der Waals surface area contributed by atoms with E-state index in [-0.39, 0.29) is 5.96 Å². The zero-order valence-electron chi connectivity index (χ0n) is 7.57. The summed E-state index contributed by atoms with van der Waals surface area (Å²) in [6, 6.07) is 0. The summed E-state index contributed by atoms with van der Waals surface area (Å²) in [6.45, 7) is 3.71. The second-order valence-corrected chi connectivity index (χ2v) is 2.62. The number of nitrogens with zero attached hydrogens (tertiary/aromatic N) is 3. The molecule has 1 rings (SSSR count). The van der Waals surface area contributed by atoms with Gasteiger partial charge in [0.1, 0.15) is 0 Å². The predicted octanol–water partition coefficient (Wildman–Crippen LogP) is -0.284. The van der Waals surface area contributed by atoms with Gasteiger partial charge >= 0.3 is 0 Å². The van der Waals surface area contributed by atoms with Crippen LogP contribution in [0.3, 0.4) is 0 Å². The third-order valence-corrected chi connectivity index (χ3v) is 1.54. The van der Waals surface area contributed by atoms with Crippen molar-refractivity contribution in [2.45, 2.75) is 13.8 Å². The number of hydrogen-bond donors (Lipinski definition) is 3. The van der Waals surface area contributed by atoms with E-state index in [9.17, 15) is 0 Å². The number of guanidine groups is 1. The molecular formula is C7H12N6. The summed E-state index contributed by atoms with van der Waals surface area (Å²) in [5.41, 5.74) is 12.8. The summed E-state index contributed by atoms with van der Waals surface area (Å²) in [7, 11) is 0. The highest BCUT2D eigenvalue weighted by Crippen LogP contribution is 2.04. The average Bonchev–Trinajstić information content (AvgIpc) is 2.47. The normalized spacial score (nSPS) is 11.4. The van der Waals surface area contributed by atoms with Crippen molar-refractivity contribution in [3.05, 3.63) is 17.5 Å². The van der Waals surface area contributed by atoms with Crippen molar-refractivity contribution >= 4 is 11.7 Å². The molecule has 0 aromatic carbocycles. The van der Waals surface area contributed by atoms with Crippen LogP contribution < -0.4 is 11.5 Å². The van der Waals surface area contributed by atoms with Gasteiger partial charge in [-0.3, -0.25) is 5.10 Å². The zero-order valence-corrected chi connectivity index (χ0v) is 7.57. The standard InChI is InChI=1S/C7H12N6/c1-4-6(3-10-11-4)5(2)12-13-7(8)9/h3H,1-2H3,(H,10,11)(H4,8,9,13)/b12-5+. The minimum atomic E-state index is -0.0551. The fraction of sp³-hybridized carbons (Fsp3) is 0.286. The van der Waals surface area contributed by atoms with Crippen molar-refractivity contribution in [3.8, 4) is 0 Å². The van der Waals surface area contributed by atoms with Gasteiger partial charge in [-0.2, -0.15) is 10.2 Å². The summed E-state index contributed by atoms with van der Waals surface area (Å²) >= 11 is 0. The first-order valence-electron chi connectivity index (χ1n) is 3.75. The van der Waals surface area contributed by atoms with Gasteiger partial charge in [-0.15, -0.1) is 5.10 Å². The molecule has 0 fully saturated rings. The molecule has 0 radical (unpaired) electrons. The molecule has 5 N–H and O–H groups in total. The fourth-order valence-corrected chi connectivity index (χ4v) is 0.902. The van der Waals surface area contributed by atoms with Crippen LogP contribution in [0.5, 0.6) is 0 Å². The Balaban J connectivity index is 2.91. The Kier molecular flexibility index (Phi) is 2.63. The number of rotatable bonds is 2. The van der Waals surface area contributed by atoms with Crippen LogP contribution >= 0.6 is 0 Å². The number of aromatic nitrogens is 2. The maximum Gasteiger partial charge on any atom is 0.211 e. The summed E-state index contributed by atoms with van der Waals surface area (Å²) in [4.78, 5) is 0. The van der Waals surface area contributed by atoms with Gasteiger partial charge in [0.15, 0.2) is 0 Å². The van der Waals surface area contributed by atoms with Gasteiger partial charge in [-0.25, -0.2) is 0 Å². The third-order valence-electron chi connectivity index (χ3n) is 1.54. The van der Waals surface area contributed by atoms with Crippen molar-refractivity contribution in [2.75, 3.05) is 0 Å². The molecule has 0 atom stereocenters. The van der Waals surface area contributed by atoms with Gasteiger partial charge in [0.05, 0.1) is 11.9 Å². The van der Waals surface area contributed by atoms with Crippen molar-refractivity contribution in [2.24, 2.45) is 21.7 Å². The first-order chi connectivity index (χ1) is 6.11. The minimum absolute atomic E-state index is 0.0551. The number of nitrogens with two attached hydrogens (primary N) is 2. The fourth-order valence-electron chi connectivity index (χ4n) is 0.902. The van der Waals surface area contributed by atoms with Crippen LogP contribution in [-0.4, -0.2) is 21.9 Å². The Labute approximate surface area is 75.7 Å². The molecule has 0 spiro atoms. The molecule has 70 valence electrons. The van der Waals surface area contributed by atoms with Crippen molar-refractivity contribution in [3.63, 3.8) is 0 Å². The van der Waals surface area contributed by atoms with E-state index in [0.717, 1.165) is 17.0 Å². The Bertz CT molecular complexity index is 344. The summed E-state index contributed by atoms with van der Waals surface area (Å²) in [5.74, 6) is -0.0551. The van der Waals surface area contributed by atoms with E-state index >= 15 is 0 Å². The Morgan fingerprint density at radius 3 is 2.62 bits per heavy atom. The molecule has 6 nitrogen and oxygen atoms in total. The number of H-pyrrole nitrogens is 1. The van der Waals surface area contributed by atoms with Crippen molar-refractivity contribution in [1.82, 2.24) is 10.2 Å². The van der Waals surface area contributed by atoms with E-state index in [0.29, 0.717) is 0 Å². The molecule has 1 aromatic rings. The summed E-state index contributed by atoms with van der Waals surface area (Å²) in [6.07, 6.45) is 1.68. The maximum atomic E-state index is 5.13. The predicted molar refractivity (Wildman–Crippen MR) is 51.3 cm³/mol. The highest BCUT2D eigenvalue weighted by atomic mass is 15.3. The van der Waals surface area contributed by atoms with Crippen LogP contribution in [0.25, 0.3) is 0 Å². The SMILES string of the molecule is C/C(=N\N=C(N)N)c1cn[nH]c1C. The van der Waals surface area contributed by atoms with Crippen LogP contribution in [0.4, 0.5) is 0 Å². The average molecular weight is 180 g/mol. The highest BCUT2D eigenvalue weighted by Gasteiger charge is 2.02.